The molecule has 0 unspecified atom stereocenters. The second-order valence-electron chi connectivity index (χ2n) is 6.34. The highest BCUT2D eigenvalue weighted by molar-refractivity contribution is 6.04. The predicted octanol–water partition coefficient (Wildman–Crippen LogP) is 1.69. The zero-order chi connectivity index (χ0) is 17.1. The SMILES string of the molecule is Cl.O=C(N[C@H]1CCNC1)c1c(N2CCOCC2)noc1-c1ccccc1. The fraction of sp³-hybridized carbons (Fsp3) is 0.444. The fourth-order valence-corrected chi connectivity index (χ4v) is 3.30. The van der Waals surface area contributed by atoms with Crippen molar-refractivity contribution >= 4 is 24.1 Å². The zero-order valence-electron chi connectivity index (χ0n) is 14.4. The molecule has 2 aromatic rings. The molecule has 1 amide bonds. The number of anilines is 1. The van der Waals surface area contributed by atoms with Crippen LogP contribution in [0.3, 0.4) is 0 Å². The van der Waals surface area contributed by atoms with Crippen LogP contribution < -0.4 is 15.5 Å². The number of rotatable bonds is 4. The topological polar surface area (TPSA) is 79.6 Å². The molecule has 2 saturated heterocycles. The van der Waals surface area contributed by atoms with Gasteiger partial charge in [-0.05, 0) is 13.0 Å². The standard InChI is InChI=1S/C18H22N4O3.ClH/c23-18(20-14-6-7-19-12-14)15-16(13-4-2-1-3-5-13)25-21-17(15)22-8-10-24-11-9-22;/h1-5,14,19H,6-12H2,(H,20,23);1H/t14-;/m0./s1. The molecule has 3 heterocycles. The number of carbonyl (C=O) groups is 1. The molecule has 2 aliphatic rings. The maximum Gasteiger partial charge on any atom is 0.259 e. The first kappa shape index (κ1) is 18.7. The molecule has 0 radical (unpaired) electrons. The highest BCUT2D eigenvalue weighted by Crippen LogP contribution is 2.31. The first-order chi connectivity index (χ1) is 12.3. The van der Waals surface area contributed by atoms with E-state index in [1.807, 2.05) is 30.3 Å². The number of halogens is 1. The minimum Gasteiger partial charge on any atom is -0.378 e. The number of amides is 1. The van der Waals surface area contributed by atoms with E-state index in [0.717, 1.165) is 25.1 Å². The van der Waals surface area contributed by atoms with Gasteiger partial charge in [0.2, 0.25) is 0 Å². The van der Waals surface area contributed by atoms with Crippen LogP contribution in [0.4, 0.5) is 5.82 Å². The van der Waals surface area contributed by atoms with E-state index in [2.05, 4.69) is 20.7 Å². The monoisotopic (exact) mass is 378 g/mol. The number of hydrogen-bond acceptors (Lipinski definition) is 6. The summed E-state index contributed by atoms with van der Waals surface area (Å²) in [4.78, 5) is 15.1. The number of aromatic nitrogens is 1. The number of morpholine rings is 1. The summed E-state index contributed by atoms with van der Waals surface area (Å²) in [6, 6.07) is 9.79. The Balaban J connectivity index is 0.00000196. The Bertz CT molecular complexity index is 725. The molecular formula is C18H23ClN4O3. The quantitative estimate of drug-likeness (QED) is 0.842. The molecule has 7 nitrogen and oxygen atoms in total. The van der Waals surface area contributed by atoms with E-state index in [1.165, 1.54) is 0 Å². The van der Waals surface area contributed by atoms with Gasteiger partial charge in [-0.25, -0.2) is 0 Å². The van der Waals surface area contributed by atoms with Crippen LogP contribution in [0.25, 0.3) is 11.3 Å². The minimum absolute atomic E-state index is 0. The van der Waals surface area contributed by atoms with Gasteiger partial charge in [-0.15, -0.1) is 12.4 Å². The van der Waals surface area contributed by atoms with Gasteiger partial charge in [0.1, 0.15) is 5.56 Å². The van der Waals surface area contributed by atoms with Gasteiger partial charge >= 0.3 is 0 Å². The first-order valence-electron chi connectivity index (χ1n) is 8.72. The lowest BCUT2D eigenvalue weighted by Gasteiger charge is -2.27. The maximum atomic E-state index is 13.0. The van der Waals surface area contributed by atoms with Crippen molar-refractivity contribution in [1.82, 2.24) is 15.8 Å². The molecule has 4 rings (SSSR count). The van der Waals surface area contributed by atoms with Crippen molar-refractivity contribution < 1.29 is 14.1 Å². The highest BCUT2D eigenvalue weighted by atomic mass is 35.5. The number of nitrogens with zero attached hydrogens (tertiary/aromatic N) is 2. The van der Waals surface area contributed by atoms with Gasteiger partial charge in [-0.2, -0.15) is 0 Å². The Kier molecular flexibility index (Phi) is 6.13. The van der Waals surface area contributed by atoms with Crippen molar-refractivity contribution in [2.24, 2.45) is 0 Å². The average molecular weight is 379 g/mol. The molecule has 2 fully saturated rings. The molecule has 140 valence electrons. The van der Waals surface area contributed by atoms with Gasteiger partial charge in [0.25, 0.3) is 5.91 Å². The Morgan fingerprint density at radius 3 is 2.69 bits per heavy atom. The summed E-state index contributed by atoms with van der Waals surface area (Å²) in [5.41, 5.74) is 1.37. The number of benzene rings is 1. The van der Waals surface area contributed by atoms with E-state index in [4.69, 9.17) is 9.26 Å². The molecule has 0 saturated carbocycles. The van der Waals surface area contributed by atoms with Crippen LogP contribution in [0.15, 0.2) is 34.9 Å². The molecule has 2 aliphatic heterocycles. The molecule has 8 heteroatoms. The van der Waals surface area contributed by atoms with Crippen LogP contribution in [0.1, 0.15) is 16.8 Å². The first-order valence-corrected chi connectivity index (χ1v) is 8.72. The minimum atomic E-state index is -0.129. The summed E-state index contributed by atoms with van der Waals surface area (Å²) in [5.74, 6) is 0.992. The van der Waals surface area contributed by atoms with E-state index >= 15 is 0 Å². The van der Waals surface area contributed by atoms with Gasteiger partial charge in [-0.3, -0.25) is 4.79 Å². The largest absolute Gasteiger partial charge is 0.378 e. The van der Waals surface area contributed by atoms with Crippen LogP contribution >= 0.6 is 12.4 Å². The molecule has 1 atom stereocenters. The summed E-state index contributed by atoms with van der Waals surface area (Å²) < 4.78 is 11.0. The second kappa shape index (κ2) is 8.53. The predicted molar refractivity (Wildman–Crippen MR) is 101 cm³/mol. The van der Waals surface area contributed by atoms with Gasteiger partial charge in [0, 0.05) is 31.2 Å². The molecule has 0 aliphatic carbocycles. The maximum absolute atomic E-state index is 13.0. The van der Waals surface area contributed by atoms with Crippen LogP contribution in [0, 0.1) is 0 Å². The second-order valence-corrected chi connectivity index (χ2v) is 6.34. The number of nitrogens with one attached hydrogen (secondary N) is 2. The van der Waals surface area contributed by atoms with Crippen LogP contribution in [0.5, 0.6) is 0 Å². The summed E-state index contributed by atoms with van der Waals surface area (Å²) in [7, 11) is 0. The molecule has 26 heavy (non-hydrogen) atoms. The van der Waals surface area contributed by atoms with Gasteiger partial charge < -0.3 is 24.8 Å². The van der Waals surface area contributed by atoms with Crippen LogP contribution in [-0.4, -0.2) is 56.5 Å². The number of hydrogen-bond donors (Lipinski definition) is 2. The Hall–Kier alpha value is -2.09. The molecule has 1 aromatic heterocycles. The Morgan fingerprint density at radius 2 is 2.00 bits per heavy atom. The van der Waals surface area contributed by atoms with Gasteiger partial charge in [0.15, 0.2) is 11.6 Å². The third-order valence-corrected chi connectivity index (χ3v) is 4.64. The summed E-state index contributed by atoms with van der Waals surface area (Å²) in [5, 5.41) is 10.6. The summed E-state index contributed by atoms with van der Waals surface area (Å²) >= 11 is 0. The van der Waals surface area contributed by atoms with Crippen LogP contribution in [0.2, 0.25) is 0 Å². The summed E-state index contributed by atoms with van der Waals surface area (Å²) in [6.45, 7) is 4.38. The van der Waals surface area contributed by atoms with E-state index in [1.54, 1.807) is 0 Å². The van der Waals surface area contributed by atoms with Gasteiger partial charge in [-0.1, -0.05) is 35.5 Å². The smallest absolute Gasteiger partial charge is 0.259 e. The molecule has 0 spiro atoms. The van der Waals surface area contributed by atoms with Crippen molar-refractivity contribution in [1.29, 1.82) is 0 Å². The van der Waals surface area contributed by atoms with Crippen molar-refractivity contribution in [3.05, 3.63) is 35.9 Å². The van der Waals surface area contributed by atoms with E-state index in [9.17, 15) is 4.79 Å². The molecule has 0 bridgehead atoms. The fourth-order valence-electron chi connectivity index (χ4n) is 3.30. The lowest BCUT2D eigenvalue weighted by molar-refractivity contribution is 0.0939. The molecule has 2 N–H and O–H groups in total. The number of ether oxygens (including phenoxy) is 1. The van der Waals surface area contributed by atoms with Crippen molar-refractivity contribution in [2.75, 3.05) is 44.3 Å². The summed E-state index contributed by atoms with van der Waals surface area (Å²) in [6.07, 6.45) is 0.935. The molecular weight excluding hydrogens is 356 g/mol. The normalized spacial score (nSPS) is 19.8. The van der Waals surface area contributed by atoms with Crippen molar-refractivity contribution in [2.45, 2.75) is 12.5 Å². The van der Waals surface area contributed by atoms with Crippen molar-refractivity contribution in [3.63, 3.8) is 0 Å². The highest BCUT2D eigenvalue weighted by Gasteiger charge is 2.30. The van der Waals surface area contributed by atoms with E-state index in [0.29, 0.717) is 43.4 Å². The van der Waals surface area contributed by atoms with Crippen molar-refractivity contribution in [3.8, 4) is 11.3 Å². The lowest BCUT2D eigenvalue weighted by Crippen LogP contribution is -2.40. The Morgan fingerprint density at radius 1 is 1.23 bits per heavy atom. The van der Waals surface area contributed by atoms with E-state index < -0.39 is 0 Å². The Labute approximate surface area is 158 Å². The van der Waals surface area contributed by atoms with E-state index in [-0.39, 0.29) is 24.4 Å². The average Bonchev–Trinajstić information content (AvgIpc) is 3.32. The zero-order valence-corrected chi connectivity index (χ0v) is 15.3. The third kappa shape index (κ3) is 3.85. The molecule has 1 aromatic carbocycles. The lowest BCUT2D eigenvalue weighted by atomic mass is 10.1. The third-order valence-electron chi connectivity index (χ3n) is 4.64. The number of carbonyl (C=O) groups excluding carboxylic acids is 1. The van der Waals surface area contributed by atoms with Gasteiger partial charge in [0.05, 0.1) is 13.2 Å². The van der Waals surface area contributed by atoms with Crippen LogP contribution in [-0.2, 0) is 4.74 Å².